The van der Waals surface area contributed by atoms with Crippen LogP contribution in [0.15, 0.2) is 48.8 Å². The fourth-order valence-corrected chi connectivity index (χ4v) is 2.74. The molecule has 2 aromatic carbocycles. The summed E-state index contributed by atoms with van der Waals surface area (Å²) in [5.74, 6) is 0. The summed E-state index contributed by atoms with van der Waals surface area (Å²) >= 11 is 12.1. The molecule has 0 aliphatic rings. The molecular formula is C16H13Cl2N3. The summed E-state index contributed by atoms with van der Waals surface area (Å²) in [4.78, 5) is 8.55. The van der Waals surface area contributed by atoms with Crippen molar-refractivity contribution in [3.8, 4) is 0 Å². The van der Waals surface area contributed by atoms with E-state index >= 15 is 0 Å². The lowest BCUT2D eigenvalue weighted by atomic mass is 9.99. The van der Waals surface area contributed by atoms with Gasteiger partial charge in [0.15, 0.2) is 0 Å². The molecule has 0 saturated heterocycles. The SMILES string of the molecule is NC(Cc1ccc(Cl)cc1Cl)c1ccc2nccnc2c1. The van der Waals surface area contributed by atoms with Crippen molar-refractivity contribution in [3.05, 3.63) is 70.0 Å². The number of benzene rings is 2. The molecule has 0 bridgehead atoms. The first-order valence-corrected chi connectivity index (χ1v) is 7.29. The monoisotopic (exact) mass is 317 g/mol. The maximum atomic E-state index is 6.29. The molecule has 21 heavy (non-hydrogen) atoms. The first-order chi connectivity index (χ1) is 10.1. The van der Waals surface area contributed by atoms with Crippen molar-refractivity contribution in [2.45, 2.75) is 12.5 Å². The van der Waals surface area contributed by atoms with Crippen molar-refractivity contribution in [2.75, 3.05) is 0 Å². The zero-order valence-corrected chi connectivity index (χ0v) is 12.6. The van der Waals surface area contributed by atoms with Gasteiger partial charge in [0.2, 0.25) is 0 Å². The molecule has 0 radical (unpaired) electrons. The van der Waals surface area contributed by atoms with Gasteiger partial charge in [0.05, 0.1) is 11.0 Å². The van der Waals surface area contributed by atoms with Crippen LogP contribution in [0.4, 0.5) is 0 Å². The zero-order chi connectivity index (χ0) is 14.8. The minimum Gasteiger partial charge on any atom is -0.324 e. The molecule has 106 valence electrons. The van der Waals surface area contributed by atoms with E-state index in [1.165, 1.54) is 0 Å². The number of rotatable bonds is 3. The van der Waals surface area contributed by atoms with E-state index in [0.717, 1.165) is 22.2 Å². The Morgan fingerprint density at radius 1 is 0.952 bits per heavy atom. The quantitative estimate of drug-likeness (QED) is 0.788. The van der Waals surface area contributed by atoms with Gasteiger partial charge in [0, 0.05) is 28.5 Å². The van der Waals surface area contributed by atoms with E-state index in [1.54, 1.807) is 18.5 Å². The maximum absolute atomic E-state index is 6.29. The number of hydrogen-bond donors (Lipinski definition) is 1. The number of aromatic nitrogens is 2. The molecule has 3 aromatic rings. The van der Waals surface area contributed by atoms with Gasteiger partial charge >= 0.3 is 0 Å². The van der Waals surface area contributed by atoms with Crippen LogP contribution >= 0.6 is 23.2 Å². The van der Waals surface area contributed by atoms with Gasteiger partial charge in [-0.25, -0.2) is 0 Å². The van der Waals surface area contributed by atoms with E-state index in [4.69, 9.17) is 28.9 Å². The molecule has 1 unspecified atom stereocenters. The number of nitrogens with two attached hydrogens (primary N) is 1. The number of fused-ring (bicyclic) bond motifs is 1. The van der Waals surface area contributed by atoms with Crippen LogP contribution in [0.3, 0.4) is 0 Å². The first-order valence-electron chi connectivity index (χ1n) is 6.53. The highest BCUT2D eigenvalue weighted by molar-refractivity contribution is 6.35. The standard InChI is InChI=1S/C16H13Cl2N3/c17-12-3-1-10(13(18)9-12)7-14(19)11-2-4-15-16(8-11)21-6-5-20-15/h1-6,8-9,14H,7,19H2. The van der Waals surface area contributed by atoms with E-state index in [-0.39, 0.29) is 6.04 Å². The van der Waals surface area contributed by atoms with Crippen LogP contribution in [0, 0.1) is 0 Å². The van der Waals surface area contributed by atoms with Crippen LogP contribution < -0.4 is 5.73 Å². The summed E-state index contributed by atoms with van der Waals surface area (Å²) in [5, 5.41) is 1.26. The summed E-state index contributed by atoms with van der Waals surface area (Å²) in [6.07, 6.45) is 3.99. The van der Waals surface area contributed by atoms with E-state index < -0.39 is 0 Å². The maximum Gasteiger partial charge on any atom is 0.0890 e. The fraction of sp³-hybridized carbons (Fsp3) is 0.125. The van der Waals surface area contributed by atoms with Crippen molar-refractivity contribution in [1.29, 1.82) is 0 Å². The second kappa shape index (κ2) is 5.98. The summed E-state index contributed by atoms with van der Waals surface area (Å²) in [5.41, 5.74) is 9.97. The molecule has 2 N–H and O–H groups in total. The van der Waals surface area contributed by atoms with Crippen LogP contribution in [-0.4, -0.2) is 9.97 Å². The van der Waals surface area contributed by atoms with Gasteiger partial charge in [0.1, 0.15) is 0 Å². The van der Waals surface area contributed by atoms with Crippen LogP contribution in [-0.2, 0) is 6.42 Å². The second-order valence-corrected chi connectivity index (χ2v) is 5.69. The van der Waals surface area contributed by atoms with Crippen molar-refractivity contribution in [2.24, 2.45) is 5.73 Å². The lowest BCUT2D eigenvalue weighted by Crippen LogP contribution is -2.13. The van der Waals surface area contributed by atoms with Crippen LogP contribution in [0.2, 0.25) is 10.0 Å². The fourth-order valence-electron chi connectivity index (χ4n) is 2.25. The minimum absolute atomic E-state index is 0.157. The lowest BCUT2D eigenvalue weighted by molar-refractivity contribution is 0.723. The molecular weight excluding hydrogens is 305 g/mol. The molecule has 3 nitrogen and oxygen atoms in total. The molecule has 3 rings (SSSR count). The van der Waals surface area contributed by atoms with Gasteiger partial charge in [-0.05, 0) is 41.8 Å². The number of nitrogens with zero attached hydrogens (tertiary/aromatic N) is 2. The molecule has 0 saturated carbocycles. The summed E-state index contributed by atoms with van der Waals surface area (Å²) < 4.78 is 0. The summed E-state index contributed by atoms with van der Waals surface area (Å²) in [7, 11) is 0. The molecule has 1 atom stereocenters. The third kappa shape index (κ3) is 3.16. The van der Waals surface area contributed by atoms with Gasteiger partial charge in [-0.2, -0.15) is 0 Å². The Labute approximate surface area is 132 Å². The Balaban J connectivity index is 1.87. The van der Waals surface area contributed by atoms with Crippen molar-refractivity contribution in [3.63, 3.8) is 0 Å². The largest absolute Gasteiger partial charge is 0.324 e. The smallest absolute Gasteiger partial charge is 0.0890 e. The number of hydrogen-bond acceptors (Lipinski definition) is 3. The molecule has 5 heteroatoms. The normalized spacial score (nSPS) is 12.5. The van der Waals surface area contributed by atoms with Gasteiger partial charge in [-0.15, -0.1) is 0 Å². The van der Waals surface area contributed by atoms with Crippen LogP contribution in [0.25, 0.3) is 11.0 Å². The predicted octanol–water partition coefficient (Wildman–Crippen LogP) is 4.18. The van der Waals surface area contributed by atoms with Gasteiger partial charge in [-0.1, -0.05) is 35.3 Å². The zero-order valence-electron chi connectivity index (χ0n) is 11.1. The van der Waals surface area contributed by atoms with E-state index in [2.05, 4.69) is 9.97 Å². The van der Waals surface area contributed by atoms with Crippen molar-refractivity contribution in [1.82, 2.24) is 9.97 Å². The average molecular weight is 318 g/mol. The molecule has 1 heterocycles. The highest BCUT2D eigenvalue weighted by atomic mass is 35.5. The molecule has 0 spiro atoms. The summed E-state index contributed by atoms with van der Waals surface area (Å²) in [6.45, 7) is 0. The third-order valence-electron chi connectivity index (χ3n) is 3.38. The van der Waals surface area contributed by atoms with Crippen molar-refractivity contribution < 1.29 is 0 Å². The Hall–Kier alpha value is -1.68. The molecule has 0 aliphatic carbocycles. The molecule has 0 fully saturated rings. The Bertz CT molecular complexity index is 789. The van der Waals surface area contributed by atoms with E-state index in [1.807, 2.05) is 30.3 Å². The lowest BCUT2D eigenvalue weighted by Gasteiger charge is -2.14. The van der Waals surface area contributed by atoms with E-state index in [9.17, 15) is 0 Å². The minimum atomic E-state index is -0.157. The van der Waals surface area contributed by atoms with Crippen LogP contribution in [0.5, 0.6) is 0 Å². The topological polar surface area (TPSA) is 51.8 Å². The Morgan fingerprint density at radius 2 is 1.71 bits per heavy atom. The molecule has 1 aromatic heterocycles. The summed E-state index contributed by atoms with van der Waals surface area (Å²) in [6, 6.07) is 11.2. The predicted molar refractivity (Wildman–Crippen MR) is 86.6 cm³/mol. The van der Waals surface area contributed by atoms with Gasteiger partial charge in [0.25, 0.3) is 0 Å². The Morgan fingerprint density at radius 3 is 2.48 bits per heavy atom. The Kier molecular flexibility index (Phi) is 4.06. The second-order valence-electron chi connectivity index (χ2n) is 4.85. The number of halogens is 2. The highest BCUT2D eigenvalue weighted by Crippen LogP contribution is 2.26. The molecule has 0 amide bonds. The van der Waals surface area contributed by atoms with Gasteiger partial charge in [-0.3, -0.25) is 9.97 Å². The van der Waals surface area contributed by atoms with Crippen molar-refractivity contribution >= 4 is 34.2 Å². The third-order valence-corrected chi connectivity index (χ3v) is 3.96. The van der Waals surface area contributed by atoms with E-state index in [0.29, 0.717) is 16.5 Å². The average Bonchev–Trinajstić information content (AvgIpc) is 2.49. The van der Waals surface area contributed by atoms with Crippen LogP contribution in [0.1, 0.15) is 17.2 Å². The van der Waals surface area contributed by atoms with Gasteiger partial charge < -0.3 is 5.73 Å². The first kappa shape index (κ1) is 14.3. The highest BCUT2D eigenvalue weighted by Gasteiger charge is 2.11. The molecule has 0 aliphatic heterocycles.